The van der Waals surface area contributed by atoms with Gasteiger partial charge in [-0.2, -0.15) is 0 Å². The van der Waals surface area contributed by atoms with E-state index in [1.165, 1.54) is 0 Å². The van der Waals surface area contributed by atoms with E-state index in [9.17, 15) is 9.59 Å². The van der Waals surface area contributed by atoms with Crippen LogP contribution >= 0.6 is 0 Å². The van der Waals surface area contributed by atoms with Crippen molar-refractivity contribution in [3.8, 4) is 17.0 Å². The Hall–Kier alpha value is -3.54. The summed E-state index contributed by atoms with van der Waals surface area (Å²) in [5, 5.41) is 0. The highest BCUT2D eigenvalue weighted by atomic mass is 16.5. The molecule has 2 aromatic heterocycles. The summed E-state index contributed by atoms with van der Waals surface area (Å²) in [5.41, 5.74) is 5.15. The molecule has 0 bridgehead atoms. The maximum Gasteiger partial charge on any atom is 0.226 e. The Morgan fingerprint density at radius 1 is 1.06 bits per heavy atom. The molecule has 1 aromatic carbocycles. The van der Waals surface area contributed by atoms with Crippen molar-refractivity contribution < 1.29 is 14.3 Å². The van der Waals surface area contributed by atoms with Gasteiger partial charge in [0.1, 0.15) is 5.69 Å². The number of Topliss-reactive ketones (excluding diaryl/α,β-unsaturated/α-hetero) is 1. The molecule has 3 aromatic rings. The molecule has 0 saturated heterocycles. The number of rotatable bonds is 8. The van der Waals surface area contributed by atoms with Crippen LogP contribution in [-0.4, -0.2) is 35.8 Å². The first-order chi connectivity index (χ1) is 14.9. The van der Waals surface area contributed by atoms with Gasteiger partial charge in [0.25, 0.3) is 0 Å². The molecule has 3 rings (SSSR count). The van der Waals surface area contributed by atoms with Crippen LogP contribution in [0.15, 0.2) is 54.9 Å². The quantitative estimate of drug-likeness (QED) is 0.499. The van der Waals surface area contributed by atoms with Crippen molar-refractivity contribution in [1.29, 1.82) is 0 Å². The topological polar surface area (TPSA) is 72.4 Å². The number of ketones is 1. The van der Waals surface area contributed by atoms with E-state index in [1.54, 1.807) is 37.5 Å². The average Bonchev–Trinajstić information content (AvgIpc) is 2.81. The number of hydrogen-bond donors (Lipinski definition) is 0. The van der Waals surface area contributed by atoms with Gasteiger partial charge in [0.2, 0.25) is 11.8 Å². The fraction of sp³-hybridized carbons (Fsp3) is 0.280. The Morgan fingerprint density at radius 3 is 2.48 bits per heavy atom. The molecule has 31 heavy (non-hydrogen) atoms. The molecule has 0 aliphatic carbocycles. The van der Waals surface area contributed by atoms with E-state index < -0.39 is 0 Å². The molecule has 2 heterocycles. The lowest BCUT2D eigenvalue weighted by molar-refractivity contribution is -0.118. The van der Waals surface area contributed by atoms with E-state index in [2.05, 4.69) is 9.97 Å². The number of carbonyl (C=O) groups excluding carboxylic acids is 2. The highest BCUT2D eigenvalue weighted by Crippen LogP contribution is 2.27. The van der Waals surface area contributed by atoms with Gasteiger partial charge in [0.05, 0.1) is 7.11 Å². The molecule has 0 unspecified atom stereocenters. The third-order valence-corrected chi connectivity index (χ3v) is 5.28. The van der Waals surface area contributed by atoms with Crippen LogP contribution < -0.4 is 9.64 Å². The number of methoxy groups -OCH3 is 1. The fourth-order valence-corrected chi connectivity index (χ4v) is 3.49. The van der Waals surface area contributed by atoms with Gasteiger partial charge in [-0.15, -0.1) is 0 Å². The largest absolute Gasteiger partial charge is 0.481 e. The van der Waals surface area contributed by atoms with Crippen molar-refractivity contribution in [3.05, 3.63) is 71.7 Å². The van der Waals surface area contributed by atoms with Crippen LogP contribution in [0.4, 0.5) is 5.69 Å². The zero-order valence-corrected chi connectivity index (χ0v) is 18.4. The molecule has 0 saturated carbocycles. The number of aromatic nitrogens is 2. The molecule has 0 N–H and O–H groups in total. The predicted octanol–water partition coefficient (Wildman–Crippen LogP) is 4.65. The molecule has 0 radical (unpaired) electrons. The zero-order valence-electron chi connectivity index (χ0n) is 18.4. The predicted molar refractivity (Wildman–Crippen MR) is 122 cm³/mol. The normalized spacial score (nSPS) is 10.6. The van der Waals surface area contributed by atoms with Crippen LogP contribution in [0, 0.1) is 6.92 Å². The van der Waals surface area contributed by atoms with Crippen molar-refractivity contribution in [1.82, 2.24) is 9.97 Å². The monoisotopic (exact) mass is 417 g/mol. The van der Waals surface area contributed by atoms with E-state index in [4.69, 9.17) is 4.74 Å². The van der Waals surface area contributed by atoms with Crippen LogP contribution in [0.1, 0.15) is 41.4 Å². The molecule has 0 spiro atoms. The molecule has 0 fully saturated rings. The molecule has 1 amide bonds. The number of amides is 1. The third-order valence-electron chi connectivity index (χ3n) is 5.28. The second-order valence-electron chi connectivity index (χ2n) is 7.33. The summed E-state index contributed by atoms with van der Waals surface area (Å²) in [5.74, 6) is 0.594. The number of pyridine rings is 2. The number of carbonyl (C=O) groups is 2. The standard InChI is InChI=1S/C25H27N3O3/c1-5-24(30)28(3)22-12-9-19(15-17(22)2)20-8-11-21(27-16-20)23(29)13-10-18-7-6-14-26-25(18)31-4/h6-9,11-12,14-16H,5,10,13H2,1-4H3. The molecule has 6 nitrogen and oxygen atoms in total. The fourth-order valence-electron chi connectivity index (χ4n) is 3.49. The number of nitrogens with zero attached hydrogens (tertiary/aromatic N) is 3. The lowest BCUT2D eigenvalue weighted by Gasteiger charge is -2.19. The van der Waals surface area contributed by atoms with Gasteiger partial charge in [-0.25, -0.2) is 4.98 Å². The number of hydrogen-bond acceptors (Lipinski definition) is 5. The summed E-state index contributed by atoms with van der Waals surface area (Å²) in [6.07, 6.45) is 4.72. The summed E-state index contributed by atoms with van der Waals surface area (Å²) in [6, 6.07) is 13.3. The number of ether oxygens (including phenoxy) is 1. The van der Waals surface area contributed by atoms with Crippen molar-refractivity contribution in [2.45, 2.75) is 33.1 Å². The van der Waals surface area contributed by atoms with Gasteiger partial charge in [-0.1, -0.05) is 25.1 Å². The molecule has 0 atom stereocenters. The van der Waals surface area contributed by atoms with E-state index in [0.29, 0.717) is 30.8 Å². The van der Waals surface area contributed by atoms with E-state index in [0.717, 1.165) is 27.9 Å². The summed E-state index contributed by atoms with van der Waals surface area (Å²) < 4.78 is 5.24. The minimum Gasteiger partial charge on any atom is -0.481 e. The number of benzene rings is 1. The first-order valence-corrected chi connectivity index (χ1v) is 10.3. The smallest absolute Gasteiger partial charge is 0.226 e. The summed E-state index contributed by atoms with van der Waals surface area (Å²) >= 11 is 0. The van der Waals surface area contributed by atoms with Gasteiger partial charge >= 0.3 is 0 Å². The Kier molecular flexibility index (Phi) is 7.13. The molecule has 160 valence electrons. The van der Waals surface area contributed by atoms with Crippen LogP contribution in [0.3, 0.4) is 0 Å². The lowest BCUT2D eigenvalue weighted by atomic mass is 10.0. The molecular formula is C25H27N3O3. The van der Waals surface area contributed by atoms with E-state index in [-0.39, 0.29) is 11.7 Å². The van der Waals surface area contributed by atoms with Crippen molar-refractivity contribution in [2.75, 3.05) is 19.1 Å². The maximum absolute atomic E-state index is 12.6. The Bertz CT molecular complexity index is 1080. The van der Waals surface area contributed by atoms with Gasteiger partial charge in [-0.3, -0.25) is 14.6 Å². The van der Waals surface area contributed by atoms with Crippen molar-refractivity contribution >= 4 is 17.4 Å². The first-order valence-electron chi connectivity index (χ1n) is 10.3. The average molecular weight is 418 g/mol. The Morgan fingerprint density at radius 2 is 1.84 bits per heavy atom. The SMILES string of the molecule is CCC(=O)N(C)c1ccc(-c2ccc(C(=O)CCc3cccnc3OC)nc2)cc1C. The van der Waals surface area contributed by atoms with Crippen molar-refractivity contribution in [3.63, 3.8) is 0 Å². The minimum absolute atomic E-state index is 0.0244. The van der Waals surface area contributed by atoms with Crippen LogP contribution in [0.2, 0.25) is 0 Å². The molecule has 6 heteroatoms. The zero-order chi connectivity index (χ0) is 22.4. The second kappa shape index (κ2) is 9.98. The first kappa shape index (κ1) is 22.2. The molecule has 0 aliphatic rings. The lowest BCUT2D eigenvalue weighted by Crippen LogP contribution is -2.25. The van der Waals surface area contributed by atoms with Gasteiger partial charge < -0.3 is 9.64 Å². The Labute approximate surface area is 182 Å². The number of anilines is 1. The second-order valence-corrected chi connectivity index (χ2v) is 7.33. The highest BCUT2D eigenvalue weighted by molar-refractivity contribution is 5.95. The molecule has 0 aliphatic heterocycles. The van der Waals surface area contributed by atoms with Crippen LogP contribution in [0.5, 0.6) is 5.88 Å². The maximum atomic E-state index is 12.6. The van der Waals surface area contributed by atoms with Gasteiger partial charge in [0, 0.05) is 49.1 Å². The van der Waals surface area contributed by atoms with E-state index in [1.807, 2.05) is 50.2 Å². The number of aryl methyl sites for hydroxylation is 2. The van der Waals surface area contributed by atoms with Gasteiger partial charge in [-0.05, 0) is 48.7 Å². The Balaban J connectivity index is 1.70. The van der Waals surface area contributed by atoms with Gasteiger partial charge in [0.15, 0.2) is 5.78 Å². The highest BCUT2D eigenvalue weighted by Gasteiger charge is 2.13. The molecular weight excluding hydrogens is 390 g/mol. The van der Waals surface area contributed by atoms with Crippen LogP contribution in [-0.2, 0) is 11.2 Å². The summed E-state index contributed by atoms with van der Waals surface area (Å²) in [4.78, 5) is 34.8. The van der Waals surface area contributed by atoms with Crippen LogP contribution in [0.25, 0.3) is 11.1 Å². The minimum atomic E-state index is -0.0244. The van der Waals surface area contributed by atoms with Crippen molar-refractivity contribution in [2.24, 2.45) is 0 Å². The summed E-state index contributed by atoms with van der Waals surface area (Å²) in [6.45, 7) is 3.83. The van der Waals surface area contributed by atoms with E-state index >= 15 is 0 Å². The summed E-state index contributed by atoms with van der Waals surface area (Å²) in [7, 11) is 3.36. The third kappa shape index (κ3) is 5.15.